The van der Waals surface area contributed by atoms with Crippen LogP contribution in [0.1, 0.15) is 0 Å². The Kier molecular flexibility index (Phi) is 4.83. The molecule has 1 aliphatic rings. The normalized spacial score (nSPS) is 14.4. The molecule has 2 amide bonds. The Morgan fingerprint density at radius 1 is 0.920 bits per heavy atom. The van der Waals surface area contributed by atoms with Gasteiger partial charge in [0.25, 0.3) is 5.91 Å². The molecule has 0 spiro atoms. The second kappa shape index (κ2) is 7.21. The molecule has 3 rings (SSSR count). The van der Waals surface area contributed by atoms with E-state index in [2.05, 4.69) is 0 Å². The predicted octanol–water partition coefficient (Wildman–Crippen LogP) is 0.974. The summed E-state index contributed by atoms with van der Waals surface area (Å²) in [5.41, 5.74) is 0. The van der Waals surface area contributed by atoms with Crippen molar-refractivity contribution in [3.63, 3.8) is 0 Å². The summed E-state index contributed by atoms with van der Waals surface area (Å²) in [6.45, 7) is 0.935. The summed E-state index contributed by atoms with van der Waals surface area (Å²) in [5.74, 6) is -1.94. The fourth-order valence-corrected chi connectivity index (χ4v) is 2.85. The Hall–Kier alpha value is -3.09. The lowest BCUT2D eigenvalue weighted by Gasteiger charge is -2.33. The Morgan fingerprint density at radius 2 is 1.56 bits per heavy atom. The number of carbonyl (C=O) groups is 3. The number of piperazine rings is 1. The van der Waals surface area contributed by atoms with Crippen molar-refractivity contribution in [3.8, 4) is 5.75 Å². The first-order valence-electron chi connectivity index (χ1n) is 7.97. The summed E-state index contributed by atoms with van der Waals surface area (Å²) >= 11 is 0. The SMILES string of the molecule is O=C(O)C(=O)N1CCN(C(=O)COc2cccc3ccccc23)CC1. The molecule has 2 aromatic rings. The lowest BCUT2D eigenvalue weighted by atomic mass is 10.1. The van der Waals surface area contributed by atoms with E-state index < -0.39 is 11.9 Å². The summed E-state index contributed by atoms with van der Waals surface area (Å²) in [6, 6.07) is 13.4. The molecule has 1 saturated heterocycles. The molecular weight excluding hydrogens is 324 g/mol. The third-order valence-corrected chi connectivity index (χ3v) is 4.20. The maximum absolute atomic E-state index is 12.3. The minimum atomic E-state index is -1.47. The van der Waals surface area contributed by atoms with Crippen molar-refractivity contribution in [2.75, 3.05) is 32.8 Å². The van der Waals surface area contributed by atoms with Gasteiger partial charge < -0.3 is 19.6 Å². The quantitative estimate of drug-likeness (QED) is 0.840. The highest BCUT2D eigenvalue weighted by molar-refractivity contribution is 6.31. The molecular formula is C18H18N2O5. The number of hydrogen-bond donors (Lipinski definition) is 1. The van der Waals surface area contributed by atoms with Gasteiger partial charge in [-0.1, -0.05) is 36.4 Å². The summed E-state index contributed by atoms with van der Waals surface area (Å²) in [6.07, 6.45) is 0. The molecule has 130 valence electrons. The lowest BCUT2D eigenvalue weighted by Crippen LogP contribution is -2.53. The number of carboxylic acids is 1. The van der Waals surface area contributed by atoms with Crippen LogP contribution >= 0.6 is 0 Å². The van der Waals surface area contributed by atoms with Gasteiger partial charge in [0.1, 0.15) is 5.75 Å². The average molecular weight is 342 g/mol. The van der Waals surface area contributed by atoms with Gasteiger partial charge >= 0.3 is 11.9 Å². The smallest absolute Gasteiger partial charge is 0.394 e. The van der Waals surface area contributed by atoms with Gasteiger partial charge in [0.2, 0.25) is 0 Å². The van der Waals surface area contributed by atoms with Crippen molar-refractivity contribution in [2.45, 2.75) is 0 Å². The Labute approximate surface area is 144 Å². The first-order chi connectivity index (χ1) is 12.1. The first kappa shape index (κ1) is 16.8. The lowest BCUT2D eigenvalue weighted by molar-refractivity contribution is -0.157. The minimum absolute atomic E-state index is 0.0963. The van der Waals surface area contributed by atoms with Crippen molar-refractivity contribution < 1.29 is 24.2 Å². The van der Waals surface area contributed by atoms with E-state index >= 15 is 0 Å². The Morgan fingerprint density at radius 3 is 2.28 bits per heavy atom. The third kappa shape index (κ3) is 3.71. The van der Waals surface area contributed by atoms with Gasteiger partial charge in [-0.05, 0) is 11.5 Å². The molecule has 1 fully saturated rings. The molecule has 0 saturated carbocycles. The summed E-state index contributed by atoms with van der Waals surface area (Å²) in [5, 5.41) is 10.7. The zero-order valence-electron chi connectivity index (χ0n) is 13.6. The number of benzene rings is 2. The molecule has 1 N–H and O–H groups in total. The van der Waals surface area contributed by atoms with Gasteiger partial charge in [-0.3, -0.25) is 9.59 Å². The number of rotatable bonds is 3. The Bertz CT molecular complexity index is 807. The van der Waals surface area contributed by atoms with Gasteiger partial charge in [0.05, 0.1) is 0 Å². The van der Waals surface area contributed by atoms with Gasteiger partial charge in [-0.25, -0.2) is 4.79 Å². The molecule has 0 radical (unpaired) electrons. The number of ether oxygens (including phenoxy) is 1. The second-order valence-corrected chi connectivity index (χ2v) is 5.74. The first-order valence-corrected chi connectivity index (χ1v) is 7.97. The monoisotopic (exact) mass is 342 g/mol. The van der Waals surface area contributed by atoms with E-state index in [1.807, 2.05) is 42.5 Å². The molecule has 7 heteroatoms. The largest absolute Gasteiger partial charge is 0.483 e. The van der Waals surface area contributed by atoms with Crippen LogP contribution in [0, 0.1) is 0 Å². The number of nitrogens with zero attached hydrogens (tertiary/aromatic N) is 2. The molecule has 0 atom stereocenters. The number of hydrogen-bond acceptors (Lipinski definition) is 4. The van der Waals surface area contributed by atoms with E-state index in [4.69, 9.17) is 9.84 Å². The number of fused-ring (bicyclic) bond motifs is 1. The maximum Gasteiger partial charge on any atom is 0.394 e. The van der Waals surface area contributed by atoms with Gasteiger partial charge in [-0.15, -0.1) is 0 Å². The van der Waals surface area contributed by atoms with E-state index in [1.54, 1.807) is 4.90 Å². The van der Waals surface area contributed by atoms with E-state index in [9.17, 15) is 14.4 Å². The van der Waals surface area contributed by atoms with Crippen LogP contribution in [0.5, 0.6) is 5.75 Å². The highest BCUT2D eigenvalue weighted by atomic mass is 16.5. The van der Waals surface area contributed by atoms with Crippen molar-refractivity contribution in [2.24, 2.45) is 0 Å². The van der Waals surface area contributed by atoms with Gasteiger partial charge in [0.15, 0.2) is 6.61 Å². The van der Waals surface area contributed by atoms with Crippen molar-refractivity contribution in [1.82, 2.24) is 9.80 Å². The van der Waals surface area contributed by atoms with E-state index in [0.717, 1.165) is 10.8 Å². The minimum Gasteiger partial charge on any atom is -0.483 e. The average Bonchev–Trinajstić information content (AvgIpc) is 2.65. The van der Waals surface area contributed by atoms with E-state index in [1.165, 1.54) is 4.90 Å². The summed E-state index contributed by atoms with van der Waals surface area (Å²) in [4.78, 5) is 37.2. The zero-order valence-corrected chi connectivity index (χ0v) is 13.6. The Balaban J connectivity index is 1.57. The standard InChI is InChI=1S/C18H18N2O5/c21-16(19-8-10-20(11-9-19)17(22)18(23)24)12-25-15-7-3-5-13-4-1-2-6-14(13)15/h1-7H,8-12H2,(H,23,24). The zero-order chi connectivity index (χ0) is 17.8. The fraction of sp³-hybridized carbons (Fsp3) is 0.278. The fourth-order valence-electron chi connectivity index (χ4n) is 2.85. The van der Waals surface area contributed by atoms with Crippen molar-refractivity contribution >= 4 is 28.6 Å². The molecule has 1 heterocycles. The van der Waals surface area contributed by atoms with E-state index in [0.29, 0.717) is 18.8 Å². The third-order valence-electron chi connectivity index (χ3n) is 4.20. The second-order valence-electron chi connectivity index (χ2n) is 5.74. The van der Waals surface area contributed by atoms with Crippen LogP contribution in [0.3, 0.4) is 0 Å². The van der Waals surface area contributed by atoms with Crippen LogP contribution in [0.25, 0.3) is 10.8 Å². The van der Waals surface area contributed by atoms with Gasteiger partial charge in [0, 0.05) is 31.6 Å². The number of carbonyl (C=O) groups excluding carboxylic acids is 2. The molecule has 25 heavy (non-hydrogen) atoms. The molecule has 0 bridgehead atoms. The van der Waals surface area contributed by atoms with Crippen LogP contribution in [0.4, 0.5) is 0 Å². The maximum atomic E-state index is 12.3. The van der Waals surface area contributed by atoms with Gasteiger partial charge in [-0.2, -0.15) is 0 Å². The molecule has 2 aromatic carbocycles. The van der Waals surface area contributed by atoms with Crippen LogP contribution in [-0.4, -0.2) is 65.5 Å². The number of aliphatic carboxylic acids is 1. The number of amides is 2. The highest BCUT2D eigenvalue weighted by Crippen LogP contribution is 2.25. The van der Waals surface area contributed by atoms with Crippen LogP contribution in [0.15, 0.2) is 42.5 Å². The molecule has 0 unspecified atom stereocenters. The van der Waals surface area contributed by atoms with Crippen LogP contribution < -0.4 is 4.74 Å². The summed E-state index contributed by atoms with van der Waals surface area (Å²) in [7, 11) is 0. The van der Waals surface area contributed by atoms with Crippen molar-refractivity contribution in [1.29, 1.82) is 0 Å². The van der Waals surface area contributed by atoms with E-state index in [-0.39, 0.29) is 25.6 Å². The molecule has 1 aliphatic heterocycles. The predicted molar refractivity (Wildman–Crippen MR) is 90.2 cm³/mol. The number of carboxylic acid groups (broad SMARTS) is 1. The summed E-state index contributed by atoms with van der Waals surface area (Å²) < 4.78 is 5.68. The topological polar surface area (TPSA) is 87.2 Å². The van der Waals surface area contributed by atoms with Crippen LogP contribution in [0.2, 0.25) is 0 Å². The van der Waals surface area contributed by atoms with Crippen LogP contribution in [-0.2, 0) is 14.4 Å². The molecule has 0 aromatic heterocycles. The van der Waals surface area contributed by atoms with Crippen molar-refractivity contribution in [3.05, 3.63) is 42.5 Å². The molecule has 0 aliphatic carbocycles. The molecule has 7 nitrogen and oxygen atoms in total. The highest BCUT2D eigenvalue weighted by Gasteiger charge is 2.27.